The first-order valence-electron chi connectivity index (χ1n) is 7.01. The van der Waals surface area contributed by atoms with E-state index in [-0.39, 0.29) is 0 Å². The van der Waals surface area contributed by atoms with E-state index in [2.05, 4.69) is 27.6 Å². The molecule has 1 saturated carbocycles. The quantitative estimate of drug-likeness (QED) is 0.876. The van der Waals surface area contributed by atoms with Crippen LogP contribution in [0, 0.1) is 5.92 Å². The monoisotopic (exact) mass is 269 g/mol. The molecule has 1 aliphatic carbocycles. The fraction of sp³-hybridized carbons (Fsp3) is 0.375. The van der Waals surface area contributed by atoms with Crippen LogP contribution in [-0.2, 0) is 6.54 Å². The summed E-state index contributed by atoms with van der Waals surface area (Å²) in [4.78, 5) is 0. The molecule has 0 amide bonds. The Bertz CT molecular complexity index is 537. The van der Waals surface area contributed by atoms with Crippen LogP contribution in [0.5, 0.6) is 5.75 Å². The summed E-state index contributed by atoms with van der Waals surface area (Å²) in [6, 6.07) is 12.6. The van der Waals surface area contributed by atoms with Crippen molar-refractivity contribution in [3.8, 4) is 5.75 Å². The third kappa shape index (κ3) is 3.14. The lowest BCUT2D eigenvalue weighted by Gasteiger charge is -2.18. The fourth-order valence-corrected chi connectivity index (χ4v) is 2.44. The number of aromatic nitrogens is 2. The number of ether oxygens (including phenoxy) is 1. The lowest BCUT2D eigenvalue weighted by atomic mass is 10.0. The number of nitrogens with zero attached hydrogens (tertiary/aromatic N) is 2. The van der Waals surface area contributed by atoms with Crippen molar-refractivity contribution < 1.29 is 4.74 Å². The Labute approximate surface area is 119 Å². The van der Waals surface area contributed by atoms with Crippen LogP contribution in [0.15, 0.2) is 42.6 Å². The van der Waals surface area contributed by atoms with Gasteiger partial charge in [0.05, 0.1) is 12.8 Å². The van der Waals surface area contributed by atoms with Gasteiger partial charge in [-0.15, -0.1) is 0 Å². The van der Waals surface area contributed by atoms with Gasteiger partial charge in [-0.3, -0.25) is 0 Å². The molecule has 1 aromatic carbocycles. The number of hydrogen-bond donors (Lipinski definition) is 1. The highest BCUT2D eigenvalue weighted by Gasteiger charge is 2.31. The summed E-state index contributed by atoms with van der Waals surface area (Å²) in [5, 5.41) is 11.6. The van der Waals surface area contributed by atoms with E-state index in [1.54, 1.807) is 13.3 Å². The molecule has 0 aliphatic heterocycles. The average Bonchev–Trinajstić information content (AvgIpc) is 3.34. The van der Waals surface area contributed by atoms with Crippen LogP contribution < -0.4 is 10.1 Å². The Morgan fingerprint density at radius 3 is 2.65 bits per heavy atom. The number of benzene rings is 1. The van der Waals surface area contributed by atoms with Crippen molar-refractivity contribution in [3.05, 3.63) is 53.9 Å². The Morgan fingerprint density at radius 1 is 1.25 bits per heavy atom. The summed E-state index contributed by atoms with van der Waals surface area (Å²) < 4.78 is 5.22. The van der Waals surface area contributed by atoms with E-state index in [1.807, 2.05) is 24.3 Å². The second-order valence-corrected chi connectivity index (χ2v) is 5.18. The van der Waals surface area contributed by atoms with Crippen LogP contribution in [0.1, 0.15) is 30.1 Å². The van der Waals surface area contributed by atoms with Gasteiger partial charge < -0.3 is 10.1 Å². The van der Waals surface area contributed by atoms with Crippen LogP contribution in [0.2, 0.25) is 0 Å². The molecule has 1 heterocycles. The van der Waals surface area contributed by atoms with Crippen molar-refractivity contribution in [2.24, 2.45) is 5.92 Å². The van der Waals surface area contributed by atoms with Gasteiger partial charge in [0.15, 0.2) is 0 Å². The lowest BCUT2D eigenvalue weighted by Crippen LogP contribution is -2.23. The Kier molecular flexibility index (Phi) is 3.92. The number of nitrogens with one attached hydrogen (secondary N) is 1. The predicted octanol–water partition coefficient (Wildman–Crippen LogP) is 2.73. The van der Waals surface area contributed by atoms with E-state index < -0.39 is 0 Å². The van der Waals surface area contributed by atoms with Crippen LogP contribution in [-0.4, -0.2) is 17.3 Å². The largest absolute Gasteiger partial charge is 0.497 e. The highest BCUT2D eigenvalue weighted by Crippen LogP contribution is 2.41. The zero-order valence-electron chi connectivity index (χ0n) is 11.6. The molecule has 0 saturated heterocycles. The minimum atomic E-state index is 0.392. The van der Waals surface area contributed by atoms with Crippen molar-refractivity contribution in [2.45, 2.75) is 25.4 Å². The van der Waals surface area contributed by atoms with E-state index in [1.165, 1.54) is 18.4 Å². The topological polar surface area (TPSA) is 47.0 Å². The summed E-state index contributed by atoms with van der Waals surface area (Å²) in [6.45, 7) is 0.751. The van der Waals surface area contributed by atoms with Crippen LogP contribution in [0.3, 0.4) is 0 Å². The van der Waals surface area contributed by atoms with Gasteiger partial charge in [0.25, 0.3) is 0 Å². The van der Waals surface area contributed by atoms with Gasteiger partial charge in [0.2, 0.25) is 0 Å². The summed E-state index contributed by atoms with van der Waals surface area (Å²) >= 11 is 0. The summed E-state index contributed by atoms with van der Waals surface area (Å²) in [5.41, 5.74) is 2.30. The van der Waals surface area contributed by atoms with Crippen molar-refractivity contribution in [2.75, 3.05) is 7.11 Å². The first-order chi connectivity index (χ1) is 9.86. The van der Waals surface area contributed by atoms with Crippen LogP contribution in [0.4, 0.5) is 0 Å². The molecule has 1 aliphatic rings. The highest BCUT2D eigenvalue weighted by molar-refractivity contribution is 5.30. The third-order valence-electron chi connectivity index (χ3n) is 3.70. The Balaban J connectivity index is 1.69. The zero-order valence-corrected chi connectivity index (χ0v) is 11.6. The second kappa shape index (κ2) is 6.01. The van der Waals surface area contributed by atoms with Crippen molar-refractivity contribution >= 4 is 0 Å². The van der Waals surface area contributed by atoms with Crippen LogP contribution in [0.25, 0.3) is 0 Å². The van der Waals surface area contributed by atoms with E-state index >= 15 is 0 Å². The normalized spacial score (nSPS) is 15.8. The number of rotatable bonds is 6. The van der Waals surface area contributed by atoms with Crippen molar-refractivity contribution in [1.29, 1.82) is 0 Å². The molecule has 1 fully saturated rings. The maximum atomic E-state index is 5.22. The predicted molar refractivity (Wildman–Crippen MR) is 77.3 cm³/mol. The minimum absolute atomic E-state index is 0.392. The molecule has 2 aromatic rings. The fourth-order valence-electron chi connectivity index (χ4n) is 2.44. The van der Waals surface area contributed by atoms with Gasteiger partial charge in [-0.2, -0.15) is 10.2 Å². The first kappa shape index (κ1) is 13.1. The average molecular weight is 269 g/mol. The van der Waals surface area contributed by atoms with Crippen LogP contribution >= 0.6 is 0 Å². The number of hydrogen-bond acceptors (Lipinski definition) is 4. The Morgan fingerprint density at radius 2 is 2.05 bits per heavy atom. The van der Waals surface area contributed by atoms with E-state index in [0.717, 1.165) is 23.9 Å². The maximum Gasteiger partial charge on any atom is 0.118 e. The van der Waals surface area contributed by atoms with E-state index in [9.17, 15) is 0 Å². The summed E-state index contributed by atoms with van der Waals surface area (Å²) in [5.74, 6) is 1.64. The van der Waals surface area contributed by atoms with Crippen molar-refractivity contribution in [1.82, 2.24) is 15.5 Å². The third-order valence-corrected chi connectivity index (χ3v) is 3.70. The number of methoxy groups -OCH3 is 1. The molecule has 20 heavy (non-hydrogen) atoms. The highest BCUT2D eigenvalue weighted by atomic mass is 16.5. The summed E-state index contributed by atoms with van der Waals surface area (Å²) in [7, 11) is 1.69. The molecular formula is C16H19N3O. The van der Waals surface area contributed by atoms with Gasteiger partial charge >= 0.3 is 0 Å². The SMILES string of the molecule is COc1ccc(C(NCc2cccnn2)C2CC2)cc1. The van der Waals surface area contributed by atoms with Gasteiger partial charge in [-0.1, -0.05) is 12.1 Å². The molecule has 1 N–H and O–H groups in total. The first-order valence-corrected chi connectivity index (χ1v) is 7.01. The smallest absolute Gasteiger partial charge is 0.118 e. The van der Waals surface area contributed by atoms with E-state index in [0.29, 0.717) is 6.04 Å². The minimum Gasteiger partial charge on any atom is -0.497 e. The Hall–Kier alpha value is -1.94. The standard InChI is InChI=1S/C16H19N3O/c1-20-15-8-6-13(7-9-15)16(12-4-5-12)17-11-14-3-2-10-18-19-14/h2-3,6-10,12,16-17H,4-5,11H2,1H3. The lowest BCUT2D eigenvalue weighted by molar-refractivity contribution is 0.413. The van der Waals surface area contributed by atoms with Gasteiger partial charge in [0.1, 0.15) is 5.75 Å². The molecule has 0 radical (unpaired) electrons. The molecule has 3 rings (SSSR count). The molecular weight excluding hydrogens is 250 g/mol. The van der Waals surface area contributed by atoms with Gasteiger partial charge in [-0.05, 0) is 48.6 Å². The molecule has 0 spiro atoms. The molecule has 1 atom stereocenters. The maximum absolute atomic E-state index is 5.22. The van der Waals surface area contributed by atoms with Gasteiger partial charge in [-0.25, -0.2) is 0 Å². The van der Waals surface area contributed by atoms with E-state index in [4.69, 9.17) is 4.74 Å². The van der Waals surface area contributed by atoms with Crippen molar-refractivity contribution in [3.63, 3.8) is 0 Å². The van der Waals surface area contributed by atoms with Gasteiger partial charge in [0, 0.05) is 18.8 Å². The second-order valence-electron chi connectivity index (χ2n) is 5.18. The zero-order chi connectivity index (χ0) is 13.8. The molecule has 1 aromatic heterocycles. The summed E-state index contributed by atoms with van der Waals surface area (Å²) in [6.07, 6.45) is 4.29. The molecule has 4 heteroatoms. The molecule has 1 unspecified atom stereocenters. The molecule has 0 bridgehead atoms. The molecule has 104 valence electrons. The molecule has 4 nitrogen and oxygen atoms in total.